The van der Waals surface area contributed by atoms with E-state index < -0.39 is 0 Å². The molecule has 0 N–H and O–H groups in total. The van der Waals surface area contributed by atoms with Gasteiger partial charge in [0.25, 0.3) is 0 Å². The van der Waals surface area contributed by atoms with Crippen molar-refractivity contribution >= 4 is 24.2 Å². The summed E-state index contributed by atoms with van der Waals surface area (Å²) < 4.78 is 6.14. The summed E-state index contributed by atoms with van der Waals surface area (Å²) in [6, 6.07) is 0. The third kappa shape index (κ3) is 1.58. The highest BCUT2D eigenvalue weighted by atomic mass is 35.5. The maximum absolute atomic E-state index is 6.14. The van der Waals surface area contributed by atoms with Crippen LogP contribution in [-0.4, -0.2) is 41.3 Å². The monoisotopic (exact) mass is 235 g/mol. The summed E-state index contributed by atoms with van der Waals surface area (Å²) in [7, 11) is 0. The quantitative estimate of drug-likeness (QED) is 0.637. The van der Waals surface area contributed by atoms with Gasteiger partial charge in [0.1, 0.15) is 5.44 Å². The van der Waals surface area contributed by atoms with E-state index in [1.165, 1.54) is 38.2 Å². The van der Waals surface area contributed by atoms with Gasteiger partial charge < -0.3 is 9.64 Å². The van der Waals surface area contributed by atoms with Gasteiger partial charge in [0.2, 0.25) is 0 Å². The zero-order valence-electron chi connectivity index (χ0n) is 8.57. The summed E-state index contributed by atoms with van der Waals surface area (Å²) >= 11 is 1.99. The number of halogens is 1. The van der Waals surface area contributed by atoms with Crippen molar-refractivity contribution < 1.29 is 4.74 Å². The lowest BCUT2D eigenvalue weighted by Gasteiger charge is -2.50. The number of fused-ring (bicyclic) bond motifs is 2. The second kappa shape index (κ2) is 3.85. The molecule has 4 heterocycles. The second-order valence-electron chi connectivity index (χ2n) is 4.61. The molecule has 0 aliphatic carbocycles. The number of ether oxygens (including phenoxy) is 1. The molecule has 4 aliphatic heterocycles. The average Bonchev–Trinajstić information content (AvgIpc) is 2.49. The van der Waals surface area contributed by atoms with E-state index in [1.807, 2.05) is 11.8 Å². The molecule has 0 saturated carbocycles. The molecule has 0 aromatic carbocycles. The molecule has 0 aromatic rings. The van der Waals surface area contributed by atoms with Crippen LogP contribution in [0.3, 0.4) is 0 Å². The summed E-state index contributed by atoms with van der Waals surface area (Å²) in [6.07, 6.45) is 2.74. The summed E-state index contributed by atoms with van der Waals surface area (Å²) in [5, 5.41) is 0. The second-order valence-corrected chi connectivity index (χ2v) is 5.90. The third-order valence-corrected chi connectivity index (χ3v) is 5.01. The van der Waals surface area contributed by atoms with E-state index in [1.54, 1.807) is 0 Å². The number of nitrogens with zero attached hydrogens (tertiary/aromatic N) is 1. The lowest BCUT2D eigenvalue weighted by atomic mass is 9.76. The number of hydrogen-bond acceptors (Lipinski definition) is 3. The van der Waals surface area contributed by atoms with Crippen LogP contribution >= 0.6 is 24.2 Å². The fraction of sp³-hybridized carbons (Fsp3) is 1.00. The molecule has 2 nitrogen and oxygen atoms in total. The van der Waals surface area contributed by atoms with Crippen LogP contribution in [-0.2, 0) is 4.74 Å². The number of thioether (sulfide) groups is 1. The Balaban J connectivity index is 0.000000750. The Kier molecular flexibility index (Phi) is 3.04. The highest BCUT2D eigenvalue weighted by Crippen LogP contribution is 2.46. The van der Waals surface area contributed by atoms with Gasteiger partial charge >= 0.3 is 0 Å². The molecule has 14 heavy (non-hydrogen) atoms. The molecule has 2 bridgehead atoms. The summed E-state index contributed by atoms with van der Waals surface area (Å²) in [4.78, 5) is 2.58. The minimum atomic E-state index is 0. The van der Waals surface area contributed by atoms with E-state index >= 15 is 0 Å². The largest absolute Gasteiger partial charge is 0.359 e. The molecule has 0 amide bonds. The van der Waals surface area contributed by atoms with Gasteiger partial charge in [-0.05, 0) is 38.8 Å². The normalized spacial score (nSPS) is 50.8. The van der Waals surface area contributed by atoms with Gasteiger partial charge in [-0.15, -0.1) is 24.2 Å². The first-order chi connectivity index (χ1) is 6.28. The average molecular weight is 236 g/mol. The molecule has 1 spiro atoms. The van der Waals surface area contributed by atoms with Gasteiger partial charge in [-0.25, -0.2) is 0 Å². The van der Waals surface area contributed by atoms with E-state index in [4.69, 9.17) is 4.74 Å². The molecular formula is C10H18ClNOS. The Morgan fingerprint density at radius 3 is 2.50 bits per heavy atom. The van der Waals surface area contributed by atoms with Crippen LogP contribution in [0.25, 0.3) is 0 Å². The van der Waals surface area contributed by atoms with Crippen LogP contribution in [0.5, 0.6) is 0 Å². The number of piperidine rings is 3. The van der Waals surface area contributed by atoms with Crippen molar-refractivity contribution in [2.75, 3.05) is 25.4 Å². The van der Waals surface area contributed by atoms with E-state index in [2.05, 4.69) is 11.8 Å². The Morgan fingerprint density at radius 2 is 2.07 bits per heavy atom. The van der Waals surface area contributed by atoms with Gasteiger partial charge in [-0.3, -0.25) is 0 Å². The summed E-state index contributed by atoms with van der Waals surface area (Å²) in [6.45, 7) is 6.02. The Bertz CT molecular complexity index is 220. The minimum absolute atomic E-state index is 0. The van der Waals surface area contributed by atoms with Crippen LogP contribution in [0.1, 0.15) is 19.8 Å². The third-order valence-electron chi connectivity index (χ3n) is 3.79. The van der Waals surface area contributed by atoms with Gasteiger partial charge in [0.05, 0.1) is 5.60 Å². The molecule has 1 unspecified atom stereocenters. The molecule has 0 aromatic heterocycles. The Hall–Kier alpha value is 0.560. The first-order valence-electron chi connectivity index (χ1n) is 5.30. The SMILES string of the molecule is CC1O[C@@]2(CS1)CN1CCC2CC1.Cl. The smallest absolute Gasteiger partial charge is 0.101 e. The minimum Gasteiger partial charge on any atom is -0.359 e. The van der Waals surface area contributed by atoms with E-state index in [0.717, 1.165) is 5.92 Å². The first kappa shape index (κ1) is 11.1. The standard InChI is InChI=1S/C10H17NOS.ClH/c1-8-12-10(7-13-8)6-11-4-2-9(10)3-5-11;/h8-9H,2-7H2,1H3;1H/t8?,10-;/m1./s1. The van der Waals surface area contributed by atoms with Crippen LogP contribution in [0, 0.1) is 5.92 Å². The molecule has 2 atom stereocenters. The van der Waals surface area contributed by atoms with Crippen LogP contribution in [0.15, 0.2) is 0 Å². The van der Waals surface area contributed by atoms with Crippen LogP contribution in [0.4, 0.5) is 0 Å². The van der Waals surface area contributed by atoms with E-state index in [9.17, 15) is 0 Å². The van der Waals surface area contributed by atoms with E-state index in [-0.39, 0.29) is 18.0 Å². The van der Waals surface area contributed by atoms with Gasteiger partial charge in [-0.2, -0.15) is 0 Å². The van der Waals surface area contributed by atoms with E-state index in [0.29, 0.717) is 5.44 Å². The zero-order chi connectivity index (χ0) is 8.89. The fourth-order valence-corrected chi connectivity index (χ4v) is 4.25. The molecule has 4 saturated heterocycles. The molecule has 4 rings (SSSR count). The summed E-state index contributed by atoms with van der Waals surface area (Å²) in [5.74, 6) is 2.09. The van der Waals surface area contributed by atoms with Crippen LogP contribution in [0.2, 0.25) is 0 Å². The van der Waals surface area contributed by atoms with Crippen molar-refractivity contribution in [1.82, 2.24) is 4.90 Å². The first-order valence-corrected chi connectivity index (χ1v) is 6.35. The van der Waals surface area contributed by atoms with Crippen molar-refractivity contribution in [3.05, 3.63) is 0 Å². The Morgan fingerprint density at radius 1 is 1.36 bits per heavy atom. The summed E-state index contributed by atoms with van der Waals surface area (Å²) in [5.41, 5.74) is 0.682. The van der Waals surface area contributed by atoms with Crippen molar-refractivity contribution in [3.63, 3.8) is 0 Å². The van der Waals surface area contributed by atoms with Gasteiger partial charge in [0, 0.05) is 12.3 Å². The predicted octanol–water partition coefficient (Wildman–Crippen LogP) is 1.98. The number of hydrogen-bond donors (Lipinski definition) is 0. The predicted molar refractivity (Wildman–Crippen MR) is 62.1 cm³/mol. The highest BCUT2D eigenvalue weighted by molar-refractivity contribution is 8.00. The number of rotatable bonds is 0. The van der Waals surface area contributed by atoms with Crippen molar-refractivity contribution in [3.8, 4) is 0 Å². The molecule has 0 radical (unpaired) electrons. The maximum Gasteiger partial charge on any atom is 0.101 e. The van der Waals surface area contributed by atoms with Crippen LogP contribution < -0.4 is 0 Å². The van der Waals surface area contributed by atoms with Crippen molar-refractivity contribution in [2.24, 2.45) is 5.92 Å². The van der Waals surface area contributed by atoms with Crippen molar-refractivity contribution in [1.29, 1.82) is 0 Å². The maximum atomic E-state index is 6.14. The lowest BCUT2D eigenvalue weighted by Crippen LogP contribution is -2.60. The van der Waals surface area contributed by atoms with Gasteiger partial charge in [0.15, 0.2) is 0 Å². The Labute approximate surface area is 96.2 Å². The van der Waals surface area contributed by atoms with Gasteiger partial charge in [-0.1, -0.05) is 0 Å². The molecule has 4 aliphatic rings. The molecule has 4 fully saturated rings. The molecule has 82 valence electrons. The fourth-order valence-electron chi connectivity index (χ4n) is 3.08. The lowest BCUT2D eigenvalue weighted by molar-refractivity contribution is -0.133. The molecular weight excluding hydrogens is 218 g/mol. The molecule has 4 heteroatoms. The topological polar surface area (TPSA) is 12.5 Å². The zero-order valence-corrected chi connectivity index (χ0v) is 10.2. The highest BCUT2D eigenvalue weighted by Gasteiger charge is 2.51. The van der Waals surface area contributed by atoms with Crippen molar-refractivity contribution in [2.45, 2.75) is 30.8 Å².